The number of hydrogen-bond donors (Lipinski definition) is 0. The molecule has 1 aliphatic rings. The molecule has 1 atom stereocenters. The molecule has 0 saturated carbocycles. The van der Waals surface area contributed by atoms with Gasteiger partial charge in [-0.2, -0.15) is 0 Å². The minimum Gasteiger partial charge on any atom is -0.376 e. The van der Waals surface area contributed by atoms with E-state index in [0.29, 0.717) is 5.75 Å². The lowest BCUT2D eigenvalue weighted by atomic mass is 10.2. The van der Waals surface area contributed by atoms with Gasteiger partial charge < -0.3 is 13.9 Å². The van der Waals surface area contributed by atoms with Gasteiger partial charge >= 0.3 is 0 Å². The molecule has 0 bridgehead atoms. The number of carbonyl (C=O) groups excluding carboxylic acids is 1. The molecule has 5 nitrogen and oxygen atoms in total. The fourth-order valence-corrected chi connectivity index (χ4v) is 3.82. The van der Waals surface area contributed by atoms with Crippen molar-refractivity contribution >= 4 is 17.5 Å². The van der Waals surface area contributed by atoms with Gasteiger partial charge in [0.15, 0.2) is 10.9 Å². The molecule has 0 amide bonds. The summed E-state index contributed by atoms with van der Waals surface area (Å²) in [6, 6.07) is 1.86. The molecule has 0 N–H and O–H groups in total. The van der Waals surface area contributed by atoms with Gasteiger partial charge in [-0.25, -0.2) is 4.98 Å². The number of hydrogen-bond acceptors (Lipinski definition) is 4. The number of carbonyl (C=O) groups is 1. The molecular weight excluding hydrogens is 310 g/mol. The van der Waals surface area contributed by atoms with Crippen molar-refractivity contribution in [2.24, 2.45) is 7.05 Å². The van der Waals surface area contributed by atoms with Crippen molar-refractivity contribution in [3.05, 3.63) is 35.4 Å². The Hall–Kier alpha value is -1.53. The van der Waals surface area contributed by atoms with Crippen molar-refractivity contribution in [1.82, 2.24) is 14.1 Å². The van der Waals surface area contributed by atoms with Crippen LogP contribution in [0.15, 0.2) is 23.6 Å². The van der Waals surface area contributed by atoms with E-state index >= 15 is 0 Å². The molecule has 0 spiro atoms. The SMILES string of the molecule is Cc1nc(SCC(=O)c2ccn(C)c2)n(CC2CCCO2)c1C. The molecule has 2 aromatic rings. The van der Waals surface area contributed by atoms with Crippen molar-refractivity contribution < 1.29 is 9.53 Å². The van der Waals surface area contributed by atoms with Gasteiger partial charge in [0.2, 0.25) is 0 Å². The Bertz CT molecular complexity index is 699. The average molecular weight is 333 g/mol. The topological polar surface area (TPSA) is 49.0 Å². The lowest BCUT2D eigenvalue weighted by molar-refractivity contribution is 0.0945. The van der Waals surface area contributed by atoms with Gasteiger partial charge in [0.1, 0.15) is 0 Å². The number of aryl methyl sites for hydroxylation is 2. The van der Waals surface area contributed by atoms with Gasteiger partial charge in [-0.3, -0.25) is 4.79 Å². The maximum atomic E-state index is 12.3. The summed E-state index contributed by atoms with van der Waals surface area (Å²) in [5, 5.41) is 0.916. The summed E-state index contributed by atoms with van der Waals surface area (Å²) in [4.78, 5) is 16.9. The van der Waals surface area contributed by atoms with Crippen LogP contribution in [-0.2, 0) is 18.3 Å². The minimum atomic E-state index is 0.137. The third kappa shape index (κ3) is 3.70. The number of aromatic nitrogens is 3. The van der Waals surface area contributed by atoms with E-state index < -0.39 is 0 Å². The molecule has 1 saturated heterocycles. The molecule has 3 heterocycles. The number of ether oxygens (including phenoxy) is 1. The summed E-state index contributed by atoms with van der Waals surface area (Å²) in [6.07, 6.45) is 6.25. The van der Waals surface area contributed by atoms with Gasteiger partial charge in [0, 0.05) is 37.3 Å². The van der Waals surface area contributed by atoms with Crippen LogP contribution in [0.4, 0.5) is 0 Å². The number of thioether (sulfide) groups is 1. The summed E-state index contributed by atoms with van der Waals surface area (Å²) in [6.45, 7) is 5.78. The smallest absolute Gasteiger partial charge is 0.174 e. The van der Waals surface area contributed by atoms with Crippen molar-refractivity contribution in [3.63, 3.8) is 0 Å². The standard InChI is InChI=1S/C17H23N3O2S/c1-12-13(2)20(10-15-5-4-8-22-15)17(18-12)23-11-16(21)14-6-7-19(3)9-14/h6-7,9,15H,4-5,8,10-11H2,1-3H3. The van der Waals surface area contributed by atoms with Crippen LogP contribution in [0.25, 0.3) is 0 Å². The second kappa shape index (κ2) is 6.93. The van der Waals surface area contributed by atoms with Crippen LogP contribution >= 0.6 is 11.8 Å². The van der Waals surface area contributed by atoms with Crippen molar-refractivity contribution in [3.8, 4) is 0 Å². The van der Waals surface area contributed by atoms with Crippen molar-refractivity contribution in [2.45, 2.75) is 44.5 Å². The van der Waals surface area contributed by atoms with E-state index in [4.69, 9.17) is 4.74 Å². The molecular formula is C17H23N3O2S. The van der Waals surface area contributed by atoms with Gasteiger partial charge in [-0.05, 0) is 32.8 Å². The van der Waals surface area contributed by atoms with Gasteiger partial charge in [0.25, 0.3) is 0 Å². The molecule has 1 aliphatic heterocycles. The largest absolute Gasteiger partial charge is 0.376 e. The highest BCUT2D eigenvalue weighted by Crippen LogP contribution is 2.25. The van der Waals surface area contributed by atoms with Crippen LogP contribution in [0.2, 0.25) is 0 Å². The first kappa shape index (κ1) is 16.3. The van der Waals surface area contributed by atoms with Gasteiger partial charge in [-0.1, -0.05) is 11.8 Å². The molecule has 6 heteroatoms. The Kier molecular flexibility index (Phi) is 4.92. The number of rotatable bonds is 6. The molecule has 0 aromatic carbocycles. The first-order valence-corrected chi connectivity index (χ1v) is 8.96. The van der Waals surface area contributed by atoms with E-state index in [0.717, 1.165) is 48.1 Å². The number of Topliss-reactive ketones (excluding diaryl/α,β-unsaturated/α-hetero) is 1. The van der Waals surface area contributed by atoms with Crippen LogP contribution in [0.3, 0.4) is 0 Å². The summed E-state index contributed by atoms with van der Waals surface area (Å²) in [7, 11) is 1.92. The Morgan fingerprint density at radius 2 is 2.30 bits per heavy atom. The van der Waals surface area contributed by atoms with Crippen LogP contribution in [0.1, 0.15) is 34.6 Å². The van der Waals surface area contributed by atoms with E-state index in [1.165, 1.54) is 11.8 Å². The molecule has 2 aromatic heterocycles. The number of ketones is 1. The highest BCUT2D eigenvalue weighted by molar-refractivity contribution is 7.99. The van der Waals surface area contributed by atoms with Gasteiger partial charge in [0.05, 0.1) is 24.1 Å². The normalized spacial score (nSPS) is 17.8. The molecule has 0 radical (unpaired) electrons. The quantitative estimate of drug-likeness (QED) is 0.602. The maximum Gasteiger partial charge on any atom is 0.174 e. The third-order valence-electron chi connectivity index (χ3n) is 4.32. The first-order chi connectivity index (χ1) is 11.0. The average Bonchev–Trinajstić information content (AvgIpc) is 3.23. The predicted octanol–water partition coefficient (Wildman–Crippen LogP) is 2.99. The van der Waals surface area contributed by atoms with E-state index in [-0.39, 0.29) is 11.9 Å². The molecule has 124 valence electrons. The minimum absolute atomic E-state index is 0.137. The van der Waals surface area contributed by atoms with E-state index in [1.807, 2.05) is 37.0 Å². The Labute approximate surface area is 141 Å². The highest BCUT2D eigenvalue weighted by Gasteiger charge is 2.21. The summed E-state index contributed by atoms with van der Waals surface area (Å²) in [5.74, 6) is 0.545. The molecule has 1 unspecified atom stereocenters. The second-order valence-electron chi connectivity index (χ2n) is 6.09. The molecule has 3 rings (SSSR count). The van der Waals surface area contributed by atoms with Crippen LogP contribution in [-0.4, -0.2) is 38.4 Å². The third-order valence-corrected chi connectivity index (χ3v) is 5.30. The number of nitrogens with zero attached hydrogens (tertiary/aromatic N) is 3. The summed E-state index contributed by atoms with van der Waals surface area (Å²) < 4.78 is 9.84. The van der Waals surface area contributed by atoms with Crippen LogP contribution in [0.5, 0.6) is 0 Å². The Morgan fingerprint density at radius 3 is 2.96 bits per heavy atom. The molecule has 0 aliphatic carbocycles. The lowest BCUT2D eigenvalue weighted by Gasteiger charge is -2.14. The highest BCUT2D eigenvalue weighted by atomic mass is 32.2. The van der Waals surface area contributed by atoms with Crippen molar-refractivity contribution in [1.29, 1.82) is 0 Å². The van der Waals surface area contributed by atoms with E-state index in [1.54, 1.807) is 0 Å². The first-order valence-electron chi connectivity index (χ1n) is 7.98. The molecule has 23 heavy (non-hydrogen) atoms. The second-order valence-corrected chi connectivity index (χ2v) is 7.03. The fourth-order valence-electron chi connectivity index (χ4n) is 2.82. The Morgan fingerprint density at radius 1 is 1.48 bits per heavy atom. The van der Waals surface area contributed by atoms with Crippen LogP contribution in [0, 0.1) is 13.8 Å². The summed E-state index contributed by atoms with van der Waals surface area (Å²) >= 11 is 1.52. The lowest BCUT2D eigenvalue weighted by Crippen LogP contribution is -2.17. The zero-order valence-corrected chi connectivity index (χ0v) is 14.7. The Balaban J connectivity index is 1.69. The zero-order chi connectivity index (χ0) is 16.4. The van der Waals surface area contributed by atoms with E-state index in [2.05, 4.69) is 16.5 Å². The van der Waals surface area contributed by atoms with E-state index in [9.17, 15) is 4.79 Å². The number of imidazole rings is 1. The van der Waals surface area contributed by atoms with Crippen molar-refractivity contribution in [2.75, 3.05) is 12.4 Å². The monoisotopic (exact) mass is 333 g/mol. The zero-order valence-electron chi connectivity index (χ0n) is 13.9. The maximum absolute atomic E-state index is 12.3. The van der Waals surface area contributed by atoms with Gasteiger partial charge in [-0.15, -0.1) is 0 Å². The van der Waals surface area contributed by atoms with Crippen LogP contribution < -0.4 is 0 Å². The molecule has 1 fully saturated rings. The fraction of sp³-hybridized carbons (Fsp3) is 0.529. The predicted molar refractivity (Wildman–Crippen MR) is 91.1 cm³/mol. The summed E-state index contributed by atoms with van der Waals surface area (Å²) in [5.41, 5.74) is 2.94.